The van der Waals surface area contributed by atoms with Gasteiger partial charge in [0.1, 0.15) is 0 Å². The lowest BCUT2D eigenvalue weighted by molar-refractivity contribution is -0.115. The van der Waals surface area contributed by atoms with E-state index in [1.165, 1.54) is 0 Å². The van der Waals surface area contributed by atoms with E-state index < -0.39 is 0 Å². The van der Waals surface area contributed by atoms with E-state index in [2.05, 4.69) is 6.92 Å². The van der Waals surface area contributed by atoms with Crippen molar-refractivity contribution in [1.29, 1.82) is 0 Å². The number of rotatable bonds is 4. The predicted octanol–water partition coefficient (Wildman–Crippen LogP) is 1.85. The molecule has 0 spiro atoms. The molecule has 0 fully saturated rings. The quantitative estimate of drug-likeness (QED) is 0.618. The van der Waals surface area contributed by atoms with Crippen LogP contribution < -0.4 is 5.73 Å². The standard InChI is InChI=1S/C9H17NO/c1-4-5-6-8(7(2)3)9(10)11/h6-7H,4-5H2,1-3H3,(H2,10,11)/b8-6+. The number of allylic oxidation sites excluding steroid dienone is 1. The van der Waals surface area contributed by atoms with Crippen LogP contribution in [0.5, 0.6) is 0 Å². The van der Waals surface area contributed by atoms with Crippen molar-refractivity contribution in [1.82, 2.24) is 0 Å². The molecule has 0 aliphatic carbocycles. The third-order valence-corrected chi connectivity index (χ3v) is 1.56. The summed E-state index contributed by atoms with van der Waals surface area (Å²) in [6.07, 6.45) is 3.94. The van der Waals surface area contributed by atoms with Gasteiger partial charge in [0.15, 0.2) is 0 Å². The highest BCUT2D eigenvalue weighted by Crippen LogP contribution is 2.09. The minimum Gasteiger partial charge on any atom is -0.366 e. The van der Waals surface area contributed by atoms with Crippen LogP contribution in [0, 0.1) is 5.92 Å². The Bertz CT molecular complexity index is 159. The first kappa shape index (κ1) is 10.2. The third kappa shape index (κ3) is 3.81. The van der Waals surface area contributed by atoms with Gasteiger partial charge in [-0.1, -0.05) is 33.3 Å². The molecule has 0 rings (SSSR count). The van der Waals surface area contributed by atoms with Crippen LogP contribution >= 0.6 is 0 Å². The van der Waals surface area contributed by atoms with Gasteiger partial charge >= 0.3 is 0 Å². The SMILES string of the molecule is CCC/C=C(/C(N)=O)C(C)C. The first-order valence-corrected chi connectivity index (χ1v) is 4.09. The number of unbranched alkanes of at least 4 members (excludes halogenated alkanes) is 1. The smallest absolute Gasteiger partial charge is 0.244 e. The normalized spacial score (nSPS) is 12.2. The molecule has 0 saturated heterocycles. The maximum atomic E-state index is 10.8. The Morgan fingerprint density at radius 2 is 2.09 bits per heavy atom. The molecule has 1 amide bonds. The fourth-order valence-corrected chi connectivity index (χ4v) is 0.921. The second-order valence-corrected chi connectivity index (χ2v) is 2.97. The monoisotopic (exact) mass is 155 g/mol. The highest BCUT2D eigenvalue weighted by molar-refractivity contribution is 5.92. The van der Waals surface area contributed by atoms with E-state index >= 15 is 0 Å². The molecule has 0 heterocycles. The van der Waals surface area contributed by atoms with Crippen LogP contribution in [0.25, 0.3) is 0 Å². The Hall–Kier alpha value is -0.790. The summed E-state index contributed by atoms with van der Waals surface area (Å²) >= 11 is 0. The maximum absolute atomic E-state index is 10.8. The van der Waals surface area contributed by atoms with Crippen LogP contribution in [-0.2, 0) is 4.79 Å². The van der Waals surface area contributed by atoms with Crippen LogP contribution in [0.2, 0.25) is 0 Å². The first-order chi connectivity index (χ1) is 5.09. The lowest BCUT2D eigenvalue weighted by atomic mass is 10.0. The number of carbonyl (C=O) groups is 1. The Labute approximate surface area is 68.5 Å². The van der Waals surface area contributed by atoms with Gasteiger partial charge in [-0.3, -0.25) is 4.79 Å². The van der Waals surface area contributed by atoms with Gasteiger partial charge in [0.05, 0.1) is 0 Å². The van der Waals surface area contributed by atoms with Crippen molar-refractivity contribution in [2.45, 2.75) is 33.6 Å². The number of amides is 1. The summed E-state index contributed by atoms with van der Waals surface area (Å²) in [5, 5.41) is 0. The summed E-state index contributed by atoms with van der Waals surface area (Å²) in [6, 6.07) is 0. The fraction of sp³-hybridized carbons (Fsp3) is 0.667. The van der Waals surface area contributed by atoms with Crippen LogP contribution in [0.15, 0.2) is 11.6 Å². The van der Waals surface area contributed by atoms with Gasteiger partial charge in [0.25, 0.3) is 0 Å². The molecule has 2 nitrogen and oxygen atoms in total. The molecule has 0 unspecified atom stereocenters. The molecular weight excluding hydrogens is 138 g/mol. The van der Waals surface area contributed by atoms with Gasteiger partial charge in [0.2, 0.25) is 5.91 Å². The van der Waals surface area contributed by atoms with Crippen LogP contribution in [-0.4, -0.2) is 5.91 Å². The second-order valence-electron chi connectivity index (χ2n) is 2.97. The lowest BCUT2D eigenvalue weighted by Crippen LogP contribution is -2.17. The fourth-order valence-electron chi connectivity index (χ4n) is 0.921. The molecule has 0 atom stereocenters. The highest BCUT2D eigenvalue weighted by atomic mass is 16.1. The molecule has 0 radical (unpaired) electrons. The van der Waals surface area contributed by atoms with Crippen molar-refractivity contribution in [3.8, 4) is 0 Å². The van der Waals surface area contributed by atoms with Crippen molar-refractivity contribution in [3.63, 3.8) is 0 Å². The molecule has 0 aliphatic rings. The largest absolute Gasteiger partial charge is 0.366 e. The Morgan fingerprint density at radius 1 is 1.55 bits per heavy atom. The Morgan fingerprint density at radius 3 is 2.36 bits per heavy atom. The minimum atomic E-state index is -0.284. The van der Waals surface area contributed by atoms with Crippen LogP contribution in [0.1, 0.15) is 33.6 Å². The summed E-state index contributed by atoms with van der Waals surface area (Å²) in [5.41, 5.74) is 5.93. The number of carbonyl (C=O) groups excluding carboxylic acids is 1. The van der Waals surface area contributed by atoms with E-state index in [0.29, 0.717) is 0 Å². The number of primary amides is 1. The number of hydrogen-bond donors (Lipinski definition) is 1. The molecule has 11 heavy (non-hydrogen) atoms. The zero-order valence-electron chi connectivity index (χ0n) is 7.55. The molecule has 0 saturated carbocycles. The van der Waals surface area contributed by atoms with E-state index in [-0.39, 0.29) is 11.8 Å². The summed E-state index contributed by atoms with van der Waals surface area (Å²) in [7, 11) is 0. The van der Waals surface area contributed by atoms with Gasteiger partial charge in [-0.2, -0.15) is 0 Å². The molecule has 0 bridgehead atoms. The van der Waals surface area contributed by atoms with E-state index in [4.69, 9.17) is 5.73 Å². The van der Waals surface area contributed by atoms with E-state index in [1.807, 2.05) is 19.9 Å². The molecular formula is C9H17NO. The Kier molecular flexibility index (Phi) is 4.59. The van der Waals surface area contributed by atoms with Gasteiger partial charge in [0, 0.05) is 5.57 Å². The minimum absolute atomic E-state index is 0.249. The van der Waals surface area contributed by atoms with Gasteiger partial charge < -0.3 is 5.73 Å². The first-order valence-electron chi connectivity index (χ1n) is 4.09. The zero-order chi connectivity index (χ0) is 8.85. The van der Waals surface area contributed by atoms with Gasteiger partial charge in [-0.15, -0.1) is 0 Å². The van der Waals surface area contributed by atoms with Gasteiger partial charge in [-0.05, 0) is 12.3 Å². The molecule has 2 heteroatoms. The van der Waals surface area contributed by atoms with Crippen molar-refractivity contribution in [3.05, 3.63) is 11.6 Å². The van der Waals surface area contributed by atoms with Crippen molar-refractivity contribution in [2.24, 2.45) is 11.7 Å². The topological polar surface area (TPSA) is 43.1 Å². The zero-order valence-corrected chi connectivity index (χ0v) is 7.55. The summed E-state index contributed by atoms with van der Waals surface area (Å²) in [5.74, 6) is -0.0347. The van der Waals surface area contributed by atoms with Gasteiger partial charge in [-0.25, -0.2) is 0 Å². The van der Waals surface area contributed by atoms with Crippen LogP contribution in [0.3, 0.4) is 0 Å². The van der Waals surface area contributed by atoms with Crippen molar-refractivity contribution >= 4 is 5.91 Å². The summed E-state index contributed by atoms with van der Waals surface area (Å²) < 4.78 is 0. The van der Waals surface area contributed by atoms with E-state index in [1.54, 1.807) is 0 Å². The lowest BCUT2D eigenvalue weighted by Gasteiger charge is -2.05. The molecule has 0 aromatic rings. The third-order valence-electron chi connectivity index (χ3n) is 1.56. The molecule has 0 aromatic heterocycles. The molecule has 64 valence electrons. The van der Waals surface area contributed by atoms with E-state index in [0.717, 1.165) is 18.4 Å². The van der Waals surface area contributed by atoms with Crippen LogP contribution in [0.4, 0.5) is 0 Å². The average Bonchev–Trinajstić information content (AvgIpc) is 1.87. The summed E-state index contributed by atoms with van der Waals surface area (Å²) in [6.45, 7) is 6.04. The average molecular weight is 155 g/mol. The molecule has 0 aliphatic heterocycles. The number of hydrogen-bond acceptors (Lipinski definition) is 1. The van der Waals surface area contributed by atoms with Crippen molar-refractivity contribution in [2.75, 3.05) is 0 Å². The maximum Gasteiger partial charge on any atom is 0.244 e. The molecule has 0 aromatic carbocycles. The molecule has 2 N–H and O–H groups in total. The highest BCUT2D eigenvalue weighted by Gasteiger charge is 2.07. The predicted molar refractivity (Wildman–Crippen MR) is 47.0 cm³/mol. The number of nitrogens with two attached hydrogens (primary N) is 1. The van der Waals surface area contributed by atoms with E-state index in [9.17, 15) is 4.79 Å². The Balaban J connectivity index is 4.21. The summed E-state index contributed by atoms with van der Waals surface area (Å²) in [4.78, 5) is 10.8. The van der Waals surface area contributed by atoms with Crippen molar-refractivity contribution < 1.29 is 4.79 Å². The second kappa shape index (κ2) is 4.94.